The van der Waals surface area contributed by atoms with Crippen molar-refractivity contribution in [2.45, 2.75) is 58.9 Å². The van der Waals surface area contributed by atoms with Crippen molar-refractivity contribution in [1.82, 2.24) is 5.32 Å². The molecule has 42 heavy (non-hydrogen) atoms. The summed E-state index contributed by atoms with van der Waals surface area (Å²) in [5.41, 5.74) is 9.61. The van der Waals surface area contributed by atoms with Crippen LogP contribution in [-0.2, 0) is 20.8 Å². The van der Waals surface area contributed by atoms with Crippen LogP contribution in [0.4, 0.5) is 17.1 Å². The van der Waals surface area contributed by atoms with Crippen LogP contribution in [0.15, 0.2) is 84.9 Å². The molecule has 3 unspecified atom stereocenters. The zero-order valence-corrected chi connectivity index (χ0v) is 25.0. The van der Waals surface area contributed by atoms with Gasteiger partial charge in [-0.05, 0) is 55.0 Å². The van der Waals surface area contributed by atoms with Crippen molar-refractivity contribution in [2.24, 2.45) is 23.5 Å². The second kappa shape index (κ2) is 14.7. The van der Waals surface area contributed by atoms with Crippen LogP contribution in [0.25, 0.3) is 0 Å². The quantitative estimate of drug-likeness (QED) is 0.270. The van der Waals surface area contributed by atoms with Crippen molar-refractivity contribution in [2.75, 3.05) is 22.9 Å². The van der Waals surface area contributed by atoms with E-state index in [1.807, 2.05) is 86.6 Å². The molecule has 0 spiro atoms. The van der Waals surface area contributed by atoms with Gasteiger partial charge in [0.05, 0.1) is 17.9 Å². The van der Waals surface area contributed by atoms with Crippen LogP contribution < -0.4 is 20.9 Å². The van der Waals surface area contributed by atoms with E-state index in [4.69, 9.17) is 5.73 Å². The smallest absolute Gasteiger partial charge is 0.251 e. The van der Waals surface area contributed by atoms with Gasteiger partial charge in [0.2, 0.25) is 11.8 Å². The van der Waals surface area contributed by atoms with Crippen LogP contribution in [0.5, 0.6) is 0 Å². The van der Waals surface area contributed by atoms with Crippen LogP contribution in [0.1, 0.15) is 52.0 Å². The first-order valence-corrected chi connectivity index (χ1v) is 15.2. The molecule has 7 heteroatoms. The van der Waals surface area contributed by atoms with E-state index in [1.54, 1.807) is 4.90 Å². The predicted octanol–water partition coefficient (Wildman–Crippen LogP) is 5.85. The SMILES string of the molecule is CCCCC(C(N)=O)C(CC(C)C)C(=O)NC1CN(c2ccccc2)c2ccccc2N(CCc2ccccc2)C1=O. The average molecular weight is 569 g/mol. The molecule has 3 aromatic rings. The molecule has 1 heterocycles. The Morgan fingerprint density at radius 2 is 1.52 bits per heavy atom. The second-order valence-electron chi connectivity index (χ2n) is 11.6. The minimum absolute atomic E-state index is 0.169. The van der Waals surface area contributed by atoms with Gasteiger partial charge in [-0.15, -0.1) is 0 Å². The lowest BCUT2D eigenvalue weighted by Gasteiger charge is -2.30. The number of carbonyl (C=O) groups is 3. The third-order valence-electron chi connectivity index (χ3n) is 8.03. The number of unbranched alkanes of at least 4 members (excludes halogenated alkanes) is 1. The number of nitrogens with two attached hydrogens (primary N) is 1. The van der Waals surface area contributed by atoms with Gasteiger partial charge in [-0.25, -0.2) is 0 Å². The Labute approximate surface area is 250 Å². The summed E-state index contributed by atoms with van der Waals surface area (Å²) in [4.78, 5) is 44.8. The minimum Gasteiger partial charge on any atom is -0.369 e. The molecule has 0 aliphatic carbocycles. The Morgan fingerprint density at radius 3 is 2.14 bits per heavy atom. The number of hydrogen-bond donors (Lipinski definition) is 2. The van der Waals surface area contributed by atoms with Crippen LogP contribution in [0.3, 0.4) is 0 Å². The molecule has 0 bridgehead atoms. The Balaban J connectivity index is 1.71. The lowest BCUT2D eigenvalue weighted by Crippen LogP contribution is -2.54. The van der Waals surface area contributed by atoms with E-state index >= 15 is 0 Å². The monoisotopic (exact) mass is 568 g/mol. The fourth-order valence-corrected chi connectivity index (χ4v) is 5.87. The van der Waals surface area contributed by atoms with Crippen LogP contribution in [0.2, 0.25) is 0 Å². The van der Waals surface area contributed by atoms with E-state index in [-0.39, 0.29) is 24.3 Å². The van der Waals surface area contributed by atoms with Crippen molar-refractivity contribution >= 4 is 34.8 Å². The van der Waals surface area contributed by atoms with Crippen molar-refractivity contribution in [3.8, 4) is 0 Å². The molecule has 4 rings (SSSR count). The van der Waals surface area contributed by atoms with E-state index in [9.17, 15) is 14.4 Å². The van der Waals surface area contributed by atoms with Crippen molar-refractivity contribution in [3.63, 3.8) is 0 Å². The predicted molar refractivity (Wildman–Crippen MR) is 169 cm³/mol. The van der Waals surface area contributed by atoms with Crippen LogP contribution in [0, 0.1) is 17.8 Å². The van der Waals surface area contributed by atoms with Gasteiger partial charge in [0, 0.05) is 24.1 Å². The molecule has 7 nitrogen and oxygen atoms in total. The summed E-state index contributed by atoms with van der Waals surface area (Å²) in [6.45, 7) is 6.85. The number of amides is 3. The van der Waals surface area contributed by atoms with Crippen LogP contribution in [-0.4, -0.2) is 36.9 Å². The Kier molecular flexibility index (Phi) is 10.8. The molecule has 222 valence electrons. The average Bonchev–Trinajstić information content (AvgIpc) is 3.10. The summed E-state index contributed by atoms with van der Waals surface area (Å²) in [5.74, 6) is -1.91. The van der Waals surface area contributed by atoms with Crippen molar-refractivity contribution < 1.29 is 14.4 Å². The molecule has 0 radical (unpaired) electrons. The summed E-state index contributed by atoms with van der Waals surface area (Å²) in [6, 6.07) is 27.1. The van der Waals surface area contributed by atoms with Gasteiger partial charge in [-0.1, -0.05) is 94.3 Å². The minimum atomic E-state index is -0.824. The van der Waals surface area contributed by atoms with Gasteiger partial charge in [0.1, 0.15) is 6.04 Å². The highest BCUT2D eigenvalue weighted by atomic mass is 16.2. The highest BCUT2D eigenvalue weighted by Gasteiger charge is 2.38. The first kappa shape index (κ1) is 30.8. The molecule has 3 atom stereocenters. The molecule has 1 aliphatic rings. The van der Waals surface area contributed by atoms with Crippen molar-refractivity contribution in [3.05, 3.63) is 90.5 Å². The molecular weight excluding hydrogens is 524 g/mol. The number of hydrogen-bond acceptors (Lipinski definition) is 4. The molecule has 0 fully saturated rings. The summed E-state index contributed by atoms with van der Waals surface area (Å²) < 4.78 is 0. The largest absolute Gasteiger partial charge is 0.369 e. The summed E-state index contributed by atoms with van der Waals surface area (Å²) >= 11 is 0. The number of para-hydroxylation sites is 3. The van der Waals surface area contributed by atoms with E-state index in [0.29, 0.717) is 25.8 Å². The fourth-order valence-electron chi connectivity index (χ4n) is 5.87. The van der Waals surface area contributed by atoms with E-state index in [2.05, 4.69) is 29.3 Å². The normalized spacial score (nSPS) is 16.5. The topological polar surface area (TPSA) is 95.7 Å². The summed E-state index contributed by atoms with van der Waals surface area (Å²) in [5, 5.41) is 3.11. The number of nitrogens with one attached hydrogen (secondary N) is 1. The number of anilines is 3. The first-order chi connectivity index (χ1) is 20.3. The molecule has 3 N–H and O–H groups in total. The maximum absolute atomic E-state index is 14.4. The number of rotatable bonds is 13. The van der Waals surface area contributed by atoms with Gasteiger partial charge in [-0.2, -0.15) is 0 Å². The number of fused-ring (bicyclic) bond motifs is 1. The summed E-state index contributed by atoms with van der Waals surface area (Å²) in [6.07, 6.45) is 3.46. The number of primary amides is 1. The van der Waals surface area contributed by atoms with Gasteiger partial charge in [0.15, 0.2) is 0 Å². The van der Waals surface area contributed by atoms with Gasteiger partial charge in [-0.3, -0.25) is 14.4 Å². The lowest BCUT2D eigenvalue weighted by molar-refractivity contribution is -0.136. The van der Waals surface area contributed by atoms with Crippen molar-refractivity contribution in [1.29, 1.82) is 0 Å². The Hall–Kier alpha value is -4.13. The Bertz CT molecular complexity index is 1330. The number of nitrogens with zero attached hydrogens (tertiary/aromatic N) is 2. The zero-order chi connectivity index (χ0) is 30.1. The highest BCUT2D eigenvalue weighted by molar-refractivity contribution is 6.04. The third kappa shape index (κ3) is 7.58. The Morgan fingerprint density at radius 1 is 0.905 bits per heavy atom. The first-order valence-electron chi connectivity index (χ1n) is 15.2. The second-order valence-corrected chi connectivity index (χ2v) is 11.6. The number of benzene rings is 3. The van der Waals surface area contributed by atoms with Crippen LogP contribution >= 0.6 is 0 Å². The number of carbonyl (C=O) groups excluding carboxylic acids is 3. The molecule has 1 aliphatic heterocycles. The maximum atomic E-state index is 14.4. The zero-order valence-electron chi connectivity index (χ0n) is 25.0. The van der Waals surface area contributed by atoms with Gasteiger partial charge >= 0.3 is 0 Å². The molecule has 3 amide bonds. The standard InChI is InChI=1S/C35H44N4O3/c1-4-5-18-28(33(36)40)29(23-25(2)3)34(41)37-30-24-39(27-16-10-7-11-17-27)32-20-13-12-19-31(32)38(35(30)42)22-21-26-14-8-6-9-15-26/h6-17,19-20,25,28-30H,4-5,18,21-24H2,1-3H3,(H2,36,40)(H,37,41). The lowest BCUT2D eigenvalue weighted by atomic mass is 9.81. The van der Waals surface area contributed by atoms with Gasteiger partial charge in [0.25, 0.3) is 5.91 Å². The molecule has 0 saturated heterocycles. The third-order valence-corrected chi connectivity index (χ3v) is 8.03. The van der Waals surface area contributed by atoms with E-state index in [0.717, 1.165) is 35.5 Å². The van der Waals surface area contributed by atoms with E-state index in [1.165, 1.54) is 0 Å². The van der Waals surface area contributed by atoms with E-state index < -0.39 is 23.8 Å². The molecule has 0 aromatic heterocycles. The fraction of sp³-hybridized carbons (Fsp3) is 0.400. The summed E-state index contributed by atoms with van der Waals surface area (Å²) in [7, 11) is 0. The van der Waals surface area contributed by atoms with Gasteiger partial charge < -0.3 is 20.9 Å². The highest BCUT2D eigenvalue weighted by Crippen LogP contribution is 2.37. The molecule has 0 saturated carbocycles. The molecule has 3 aromatic carbocycles. The maximum Gasteiger partial charge on any atom is 0.251 e. The molecular formula is C35H44N4O3.